The summed E-state index contributed by atoms with van der Waals surface area (Å²) >= 11 is 0. The SMILES string of the molecule is CC.Cc1cccc(C)c1/C=C/c1cccc(NC(=O)CN)c1. The summed E-state index contributed by atoms with van der Waals surface area (Å²) in [6.07, 6.45) is 4.15. The van der Waals surface area contributed by atoms with Gasteiger partial charge in [-0.3, -0.25) is 4.79 Å². The minimum absolute atomic E-state index is 0.0114. The Labute approximate surface area is 139 Å². The van der Waals surface area contributed by atoms with Crippen LogP contribution in [-0.4, -0.2) is 12.5 Å². The summed E-state index contributed by atoms with van der Waals surface area (Å²) in [4.78, 5) is 11.3. The third kappa shape index (κ3) is 5.72. The van der Waals surface area contributed by atoms with Crippen molar-refractivity contribution < 1.29 is 4.79 Å². The summed E-state index contributed by atoms with van der Waals surface area (Å²) in [5.74, 6) is -0.189. The van der Waals surface area contributed by atoms with Gasteiger partial charge in [0.15, 0.2) is 0 Å². The lowest BCUT2D eigenvalue weighted by Crippen LogP contribution is -2.21. The van der Waals surface area contributed by atoms with E-state index in [0.717, 1.165) is 11.3 Å². The highest BCUT2D eigenvalue weighted by Crippen LogP contribution is 2.18. The molecule has 3 N–H and O–H groups in total. The van der Waals surface area contributed by atoms with Crippen molar-refractivity contribution in [2.45, 2.75) is 27.7 Å². The minimum atomic E-state index is -0.189. The zero-order chi connectivity index (χ0) is 17.2. The Morgan fingerprint density at radius 2 is 1.65 bits per heavy atom. The minimum Gasteiger partial charge on any atom is -0.325 e. The van der Waals surface area contributed by atoms with Crippen molar-refractivity contribution in [1.29, 1.82) is 0 Å². The van der Waals surface area contributed by atoms with E-state index in [1.54, 1.807) is 0 Å². The molecule has 122 valence electrons. The molecule has 0 heterocycles. The molecule has 2 rings (SSSR count). The molecule has 0 aliphatic carbocycles. The van der Waals surface area contributed by atoms with Crippen LogP contribution in [0.2, 0.25) is 0 Å². The fourth-order valence-electron chi connectivity index (χ4n) is 2.20. The molecule has 0 aliphatic heterocycles. The molecule has 0 aliphatic rings. The molecule has 2 aromatic rings. The van der Waals surface area contributed by atoms with Crippen LogP contribution in [0.25, 0.3) is 12.2 Å². The number of nitrogens with one attached hydrogen (secondary N) is 1. The van der Waals surface area contributed by atoms with Crippen LogP contribution in [0, 0.1) is 13.8 Å². The molecule has 2 aromatic carbocycles. The normalized spacial score (nSPS) is 10.1. The molecule has 0 bridgehead atoms. The van der Waals surface area contributed by atoms with E-state index >= 15 is 0 Å². The predicted molar refractivity (Wildman–Crippen MR) is 100 cm³/mol. The van der Waals surface area contributed by atoms with Crippen molar-refractivity contribution in [3.8, 4) is 0 Å². The number of nitrogens with two attached hydrogens (primary N) is 1. The van der Waals surface area contributed by atoms with Crippen LogP contribution in [0.1, 0.15) is 36.1 Å². The van der Waals surface area contributed by atoms with Gasteiger partial charge in [0.1, 0.15) is 0 Å². The molecule has 3 nitrogen and oxygen atoms in total. The fourth-order valence-corrected chi connectivity index (χ4v) is 2.20. The summed E-state index contributed by atoms with van der Waals surface area (Å²) < 4.78 is 0. The molecule has 0 saturated heterocycles. The van der Waals surface area contributed by atoms with E-state index in [0.29, 0.717) is 0 Å². The molecule has 0 atom stereocenters. The van der Waals surface area contributed by atoms with Crippen LogP contribution in [0.5, 0.6) is 0 Å². The maximum absolute atomic E-state index is 11.3. The van der Waals surface area contributed by atoms with Gasteiger partial charge in [-0.1, -0.05) is 56.3 Å². The van der Waals surface area contributed by atoms with Gasteiger partial charge < -0.3 is 11.1 Å². The first-order valence-corrected chi connectivity index (χ1v) is 7.94. The zero-order valence-electron chi connectivity index (χ0n) is 14.4. The summed E-state index contributed by atoms with van der Waals surface area (Å²) in [6, 6.07) is 14.0. The largest absolute Gasteiger partial charge is 0.325 e. The van der Waals surface area contributed by atoms with Crippen LogP contribution < -0.4 is 11.1 Å². The quantitative estimate of drug-likeness (QED) is 0.822. The number of carbonyl (C=O) groups is 1. The monoisotopic (exact) mass is 310 g/mol. The van der Waals surface area contributed by atoms with Crippen molar-refractivity contribution in [3.63, 3.8) is 0 Å². The molecule has 3 heteroatoms. The van der Waals surface area contributed by atoms with Gasteiger partial charge in [-0.15, -0.1) is 0 Å². The molecule has 0 fully saturated rings. The molecule has 0 aromatic heterocycles. The Morgan fingerprint density at radius 3 is 2.26 bits per heavy atom. The first-order chi connectivity index (χ1) is 11.1. The lowest BCUT2D eigenvalue weighted by Gasteiger charge is -2.06. The highest BCUT2D eigenvalue weighted by atomic mass is 16.1. The Balaban J connectivity index is 0.00000127. The topological polar surface area (TPSA) is 55.1 Å². The second-order valence-corrected chi connectivity index (χ2v) is 5.02. The Bertz CT molecular complexity index is 655. The van der Waals surface area contributed by atoms with Crippen LogP contribution in [0.15, 0.2) is 42.5 Å². The number of amides is 1. The second-order valence-electron chi connectivity index (χ2n) is 5.02. The van der Waals surface area contributed by atoms with Crippen molar-refractivity contribution in [2.75, 3.05) is 11.9 Å². The average molecular weight is 310 g/mol. The summed E-state index contributed by atoms with van der Waals surface area (Å²) in [6.45, 7) is 8.19. The van der Waals surface area contributed by atoms with Crippen molar-refractivity contribution >= 4 is 23.7 Å². The van der Waals surface area contributed by atoms with Gasteiger partial charge in [0.2, 0.25) is 5.91 Å². The van der Waals surface area contributed by atoms with Crippen molar-refractivity contribution in [3.05, 3.63) is 64.7 Å². The smallest absolute Gasteiger partial charge is 0.238 e. The summed E-state index contributed by atoms with van der Waals surface area (Å²) in [5.41, 5.74) is 10.8. The van der Waals surface area contributed by atoms with Crippen LogP contribution in [-0.2, 0) is 4.79 Å². The van der Waals surface area contributed by atoms with Gasteiger partial charge in [-0.25, -0.2) is 0 Å². The molecule has 0 radical (unpaired) electrons. The van der Waals surface area contributed by atoms with Gasteiger partial charge in [-0.2, -0.15) is 0 Å². The second kappa shape index (κ2) is 9.59. The molecule has 0 saturated carbocycles. The number of rotatable bonds is 4. The number of carbonyl (C=O) groups excluding carboxylic acids is 1. The summed E-state index contributed by atoms with van der Waals surface area (Å²) in [7, 11) is 0. The van der Waals surface area contributed by atoms with Gasteiger partial charge in [0, 0.05) is 5.69 Å². The van der Waals surface area contributed by atoms with Gasteiger partial charge >= 0.3 is 0 Å². The predicted octanol–water partition coefficient (Wildman–Crippen LogP) is 4.40. The van der Waals surface area contributed by atoms with Gasteiger partial charge in [0.05, 0.1) is 6.54 Å². The first-order valence-electron chi connectivity index (χ1n) is 7.94. The molecule has 23 heavy (non-hydrogen) atoms. The Morgan fingerprint density at radius 1 is 1.04 bits per heavy atom. The van der Waals surface area contributed by atoms with Gasteiger partial charge in [0.25, 0.3) is 0 Å². The third-order valence-electron chi connectivity index (χ3n) is 3.34. The van der Waals surface area contributed by atoms with E-state index in [4.69, 9.17) is 5.73 Å². The Kier molecular flexibility index (Phi) is 7.78. The zero-order valence-corrected chi connectivity index (χ0v) is 14.4. The lowest BCUT2D eigenvalue weighted by atomic mass is 10.0. The number of anilines is 1. The number of benzene rings is 2. The van der Waals surface area contributed by atoms with E-state index in [-0.39, 0.29) is 12.5 Å². The van der Waals surface area contributed by atoms with Crippen molar-refractivity contribution in [2.24, 2.45) is 5.73 Å². The standard InChI is InChI=1S/C18H20N2O.C2H6/c1-13-5-3-6-14(2)17(13)10-9-15-7-4-8-16(11-15)20-18(21)12-19;1-2/h3-11H,12,19H2,1-2H3,(H,20,21);1-2H3/b10-9+;. The maximum Gasteiger partial charge on any atom is 0.238 e. The molecular formula is C20H26N2O. The highest BCUT2D eigenvalue weighted by molar-refractivity contribution is 5.92. The molecule has 0 unspecified atom stereocenters. The van der Waals surface area contributed by atoms with Gasteiger partial charge in [-0.05, 0) is 48.2 Å². The molecular weight excluding hydrogens is 284 g/mol. The van der Waals surface area contributed by atoms with E-state index in [9.17, 15) is 4.79 Å². The van der Waals surface area contributed by atoms with Crippen molar-refractivity contribution in [1.82, 2.24) is 0 Å². The Hall–Kier alpha value is -2.39. The van der Waals surface area contributed by atoms with E-state index in [2.05, 4.69) is 43.4 Å². The third-order valence-corrected chi connectivity index (χ3v) is 3.34. The highest BCUT2D eigenvalue weighted by Gasteiger charge is 2.00. The van der Waals surface area contributed by atoms with E-state index < -0.39 is 0 Å². The lowest BCUT2D eigenvalue weighted by molar-refractivity contribution is -0.114. The average Bonchev–Trinajstić information content (AvgIpc) is 2.56. The maximum atomic E-state index is 11.3. The van der Waals surface area contributed by atoms with Crippen LogP contribution >= 0.6 is 0 Å². The number of hydrogen-bond acceptors (Lipinski definition) is 2. The fraction of sp³-hybridized carbons (Fsp3) is 0.250. The summed E-state index contributed by atoms with van der Waals surface area (Å²) in [5, 5.41) is 2.76. The number of aryl methyl sites for hydroxylation is 2. The van der Waals surface area contributed by atoms with Crippen LogP contribution in [0.3, 0.4) is 0 Å². The molecule has 1 amide bonds. The number of hydrogen-bond donors (Lipinski definition) is 2. The van der Waals surface area contributed by atoms with E-state index in [1.807, 2.05) is 44.2 Å². The first kappa shape index (κ1) is 18.7. The van der Waals surface area contributed by atoms with Crippen LogP contribution in [0.4, 0.5) is 5.69 Å². The van der Waals surface area contributed by atoms with E-state index in [1.165, 1.54) is 16.7 Å². The molecule has 0 spiro atoms.